The number of amides is 1. The average molecular weight is 469 g/mol. The van der Waals surface area contributed by atoms with Crippen molar-refractivity contribution in [3.63, 3.8) is 0 Å². The van der Waals surface area contributed by atoms with Gasteiger partial charge in [0.05, 0.1) is 52.7 Å². The Bertz CT molecular complexity index is 1440. The maximum Gasteiger partial charge on any atom is 0.252 e. The van der Waals surface area contributed by atoms with E-state index in [-0.39, 0.29) is 35.8 Å². The van der Waals surface area contributed by atoms with Gasteiger partial charge < -0.3 is 9.73 Å². The number of aryl methyl sites for hydroxylation is 1. The third-order valence-corrected chi connectivity index (χ3v) is 7.53. The number of benzene rings is 1. The number of halogens is 1. The smallest absolute Gasteiger partial charge is 0.252 e. The number of nitrogens with zero attached hydrogens (tertiary/aromatic N) is 3. The van der Waals surface area contributed by atoms with Gasteiger partial charge in [-0.2, -0.15) is 5.10 Å². The highest BCUT2D eigenvalue weighted by Crippen LogP contribution is 2.32. The maximum absolute atomic E-state index is 13.5. The lowest BCUT2D eigenvalue weighted by Gasteiger charge is -2.12. The molecule has 0 bridgehead atoms. The molecule has 0 radical (unpaired) electrons. The SMILES string of the molecule is Cc1nn([C@H]2CCS(=O)(=O)C2)c2nc(-c3ccc(F)cc3)cc(C(=O)NCc3ccco3)c12. The zero-order chi connectivity index (χ0) is 23.2. The number of hydrogen-bond acceptors (Lipinski definition) is 6. The van der Waals surface area contributed by atoms with Gasteiger partial charge in [0, 0.05) is 5.56 Å². The van der Waals surface area contributed by atoms with Gasteiger partial charge in [-0.15, -0.1) is 0 Å². The first-order chi connectivity index (χ1) is 15.8. The first kappa shape index (κ1) is 21.3. The highest BCUT2D eigenvalue weighted by molar-refractivity contribution is 7.91. The van der Waals surface area contributed by atoms with Crippen molar-refractivity contribution >= 4 is 26.8 Å². The second kappa shape index (κ2) is 8.11. The number of furan rings is 1. The summed E-state index contributed by atoms with van der Waals surface area (Å²) in [6.45, 7) is 1.97. The molecule has 0 spiro atoms. The Morgan fingerprint density at radius 1 is 1.27 bits per heavy atom. The molecule has 0 saturated carbocycles. The predicted octanol–water partition coefficient (Wildman–Crippen LogP) is 3.43. The third-order valence-electron chi connectivity index (χ3n) is 5.78. The van der Waals surface area contributed by atoms with Crippen LogP contribution in [0.25, 0.3) is 22.3 Å². The first-order valence-electron chi connectivity index (χ1n) is 10.5. The van der Waals surface area contributed by atoms with Gasteiger partial charge in [0.1, 0.15) is 11.6 Å². The number of carbonyl (C=O) groups is 1. The molecule has 3 aromatic heterocycles. The predicted molar refractivity (Wildman–Crippen MR) is 120 cm³/mol. The fraction of sp³-hybridized carbons (Fsp3) is 0.261. The van der Waals surface area contributed by atoms with Crippen LogP contribution in [-0.2, 0) is 16.4 Å². The van der Waals surface area contributed by atoms with Gasteiger partial charge in [-0.05, 0) is 55.8 Å². The van der Waals surface area contributed by atoms with Gasteiger partial charge >= 0.3 is 0 Å². The molecule has 1 aliphatic rings. The fourth-order valence-electron chi connectivity index (χ4n) is 4.16. The largest absolute Gasteiger partial charge is 0.467 e. The molecule has 1 aromatic carbocycles. The van der Waals surface area contributed by atoms with E-state index in [2.05, 4.69) is 10.4 Å². The number of nitrogens with one attached hydrogen (secondary N) is 1. The molecule has 0 unspecified atom stereocenters. The Morgan fingerprint density at radius 3 is 2.73 bits per heavy atom. The molecule has 0 aliphatic carbocycles. The van der Waals surface area contributed by atoms with Crippen LogP contribution in [0.15, 0.2) is 53.1 Å². The van der Waals surface area contributed by atoms with Crippen LogP contribution < -0.4 is 5.32 Å². The number of aromatic nitrogens is 3. The Labute approximate surface area is 189 Å². The number of carbonyl (C=O) groups excluding carboxylic acids is 1. The van der Waals surface area contributed by atoms with Crippen molar-refractivity contribution < 1.29 is 22.0 Å². The molecule has 1 amide bonds. The van der Waals surface area contributed by atoms with Crippen molar-refractivity contribution in [3.05, 3.63) is 71.6 Å². The molecule has 170 valence electrons. The minimum Gasteiger partial charge on any atom is -0.467 e. The van der Waals surface area contributed by atoms with E-state index in [0.717, 1.165) is 0 Å². The molecule has 33 heavy (non-hydrogen) atoms. The summed E-state index contributed by atoms with van der Waals surface area (Å²) in [5.41, 5.74) is 2.46. The zero-order valence-electron chi connectivity index (χ0n) is 17.8. The van der Waals surface area contributed by atoms with Crippen LogP contribution in [0.4, 0.5) is 4.39 Å². The second-order valence-corrected chi connectivity index (χ2v) is 10.3. The summed E-state index contributed by atoms with van der Waals surface area (Å²) in [6, 6.07) is 10.6. The standard InChI is InChI=1S/C23H21FN4O4S/c1-14-21-19(23(29)25-12-18-3-2-9-32-18)11-20(15-4-6-16(24)7-5-15)26-22(21)28(27-14)17-8-10-33(30,31)13-17/h2-7,9,11,17H,8,10,12-13H2,1H3,(H,25,29)/t17-/m0/s1. The molecule has 4 aromatic rings. The zero-order valence-corrected chi connectivity index (χ0v) is 18.6. The van der Waals surface area contributed by atoms with Gasteiger partial charge in [-0.25, -0.2) is 22.5 Å². The summed E-state index contributed by atoms with van der Waals surface area (Å²) in [7, 11) is -3.15. The molecule has 1 atom stereocenters. The van der Waals surface area contributed by atoms with Crippen LogP contribution in [-0.4, -0.2) is 40.6 Å². The average Bonchev–Trinajstić information content (AvgIpc) is 3.51. The van der Waals surface area contributed by atoms with Gasteiger partial charge in [-0.3, -0.25) is 4.79 Å². The van der Waals surface area contributed by atoms with Crippen LogP contribution in [0, 0.1) is 12.7 Å². The van der Waals surface area contributed by atoms with Crippen molar-refractivity contribution in [2.45, 2.75) is 25.9 Å². The number of hydrogen-bond donors (Lipinski definition) is 1. The molecule has 1 N–H and O–H groups in total. The van der Waals surface area contributed by atoms with Crippen LogP contribution >= 0.6 is 0 Å². The molecule has 10 heteroatoms. The van der Waals surface area contributed by atoms with Gasteiger partial charge in [-0.1, -0.05) is 0 Å². The molecule has 8 nitrogen and oxygen atoms in total. The Balaban J connectivity index is 1.63. The van der Waals surface area contributed by atoms with Crippen LogP contribution in [0.5, 0.6) is 0 Å². The third kappa shape index (κ3) is 4.13. The Kier molecular flexibility index (Phi) is 5.24. The first-order valence-corrected chi connectivity index (χ1v) is 12.3. The van der Waals surface area contributed by atoms with Crippen molar-refractivity contribution in [1.29, 1.82) is 0 Å². The van der Waals surface area contributed by atoms with E-state index in [9.17, 15) is 17.6 Å². The van der Waals surface area contributed by atoms with E-state index in [1.165, 1.54) is 18.4 Å². The molecule has 1 fully saturated rings. The number of pyridine rings is 1. The van der Waals surface area contributed by atoms with Crippen molar-refractivity contribution in [2.75, 3.05) is 11.5 Å². The topological polar surface area (TPSA) is 107 Å². The van der Waals surface area contributed by atoms with E-state index >= 15 is 0 Å². The van der Waals surface area contributed by atoms with Crippen molar-refractivity contribution in [2.24, 2.45) is 0 Å². The lowest BCUT2D eigenvalue weighted by atomic mass is 10.0. The summed E-state index contributed by atoms with van der Waals surface area (Å²) in [4.78, 5) is 17.9. The second-order valence-electron chi connectivity index (χ2n) is 8.11. The highest BCUT2D eigenvalue weighted by Gasteiger charge is 2.32. The van der Waals surface area contributed by atoms with E-state index in [1.807, 2.05) is 0 Å². The van der Waals surface area contributed by atoms with E-state index in [0.29, 0.717) is 45.7 Å². The molecular weight excluding hydrogens is 447 g/mol. The van der Waals surface area contributed by atoms with Gasteiger partial charge in [0.2, 0.25) is 0 Å². The minimum absolute atomic E-state index is 0.0221. The lowest BCUT2D eigenvalue weighted by Crippen LogP contribution is -2.23. The van der Waals surface area contributed by atoms with Gasteiger partial charge in [0.25, 0.3) is 5.91 Å². The maximum atomic E-state index is 13.5. The number of sulfone groups is 1. The van der Waals surface area contributed by atoms with E-state index < -0.39 is 9.84 Å². The van der Waals surface area contributed by atoms with Gasteiger partial charge in [0.15, 0.2) is 15.5 Å². The summed E-state index contributed by atoms with van der Waals surface area (Å²) in [6.07, 6.45) is 1.96. The van der Waals surface area contributed by atoms with E-state index in [4.69, 9.17) is 9.40 Å². The van der Waals surface area contributed by atoms with Crippen LogP contribution in [0.2, 0.25) is 0 Å². The van der Waals surface area contributed by atoms with Crippen LogP contribution in [0.3, 0.4) is 0 Å². The highest BCUT2D eigenvalue weighted by atomic mass is 32.2. The number of rotatable bonds is 5. The Hall–Kier alpha value is -3.53. The minimum atomic E-state index is -3.15. The lowest BCUT2D eigenvalue weighted by molar-refractivity contribution is 0.0949. The van der Waals surface area contributed by atoms with Crippen LogP contribution in [0.1, 0.15) is 34.3 Å². The number of fused-ring (bicyclic) bond motifs is 1. The normalized spacial score (nSPS) is 17.5. The Morgan fingerprint density at radius 2 is 2.06 bits per heavy atom. The monoisotopic (exact) mass is 468 g/mol. The quantitative estimate of drug-likeness (QED) is 0.481. The van der Waals surface area contributed by atoms with E-state index in [1.54, 1.807) is 41.9 Å². The molecule has 1 saturated heterocycles. The summed E-state index contributed by atoms with van der Waals surface area (Å²) >= 11 is 0. The fourth-order valence-corrected chi connectivity index (χ4v) is 5.85. The van der Waals surface area contributed by atoms with Crippen molar-refractivity contribution in [1.82, 2.24) is 20.1 Å². The summed E-state index contributed by atoms with van der Waals surface area (Å²) in [5, 5.41) is 7.98. The molecule has 4 heterocycles. The summed E-state index contributed by atoms with van der Waals surface area (Å²) in [5.74, 6) is -0.0501. The molecular formula is C23H21FN4O4S. The summed E-state index contributed by atoms with van der Waals surface area (Å²) < 4.78 is 44.5. The van der Waals surface area contributed by atoms with Crippen molar-refractivity contribution in [3.8, 4) is 11.3 Å². The molecule has 5 rings (SSSR count). The molecule has 1 aliphatic heterocycles.